The predicted octanol–water partition coefficient (Wildman–Crippen LogP) is 3.64. The van der Waals surface area contributed by atoms with Crippen LogP contribution in [0, 0.1) is 17.8 Å². The fourth-order valence-electron chi connectivity index (χ4n) is 4.77. The van der Waals surface area contributed by atoms with E-state index in [1.165, 1.54) is 45.1 Å². The summed E-state index contributed by atoms with van der Waals surface area (Å²) in [6, 6.07) is 1.37. The summed E-state index contributed by atoms with van der Waals surface area (Å²) in [6.07, 6.45) is 9.86. The second-order valence-electron chi connectivity index (χ2n) is 7.33. The Morgan fingerprint density at radius 3 is 2.53 bits per heavy atom. The fraction of sp³-hybridized carbons (Fsp3) is 0.941. The maximum atomic E-state index is 12.1. The smallest absolute Gasteiger partial charge is 0.137 e. The van der Waals surface area contributed by atoms with Crippen molar-refractivity contribution in [2.75, 3.05) is 6.54 Å². The molecule has 0 bridgehead atoms. The lowest BCUT2D eigenvalue weighted by Crippen LogP contribution is -2.46. The largest absolute Gasteiger partial charge is 0.299 e. The number of ketones is 1. The van der Waals surface area contributed by atoms with Crippen LogP contribution in [-0.4, -0.2) is 29.3 Å². The van der Waals surface area contributed by atoms with Gasteiger partial charge in [-0.15, -0.1) is 0 Å². The van der Waals surface area contributed by atoms with Crippen LogP contribution in [0.3, 0.4) is 0 Å². The molecule has 0 spiro atoms. The van der Waals surface area contributed by atoms with Crippen molar-refractivity contribution < 1.29 is 4.79 Å². The van der Waals surface area contributed by atoms with Crippen LogP contribution in [0.15, 0.2) is 0 Å². The monoisotopic (exact) mass is 263 g/mol. The molecule has 2 saturated carbocycles. The van der Waals surface area contributed by atoms with E-state index in [9.17, 15) is 4.79 Å². The zero-order valence-corrected chi connectivity index (χ0v) is 12.6. The third-order valence-electron chi connectivity index (χ3n) is 6.20. The van der Waals surface area contributed by atoms with Gasteiger partial charge in [-0.2, -0.15) is 0 Å². The van der Waals surface area contributed by atoms with Gasteiger partial charge in [-0.05, 0) is 63.3 Å². The second-order valence-corrected chi connectivity index (χ2v) is 7.33. The molecular weight excluding hydrogens is 234 g/mol. The quantitative estimate of drug-likeness (QED) is 0.758. The van der Waals surface area contributed by atoms with Crippen LogP contribution in [0.1, 0.15) is 65.2 Å². The van der Waals surface area contributed by atoms with Gasteiger partial charge in [0.2, 0.25) is 0 Å². The number of carbonyl (C=O) groups excluding carboxylic acids is 1. The van der Waals surface area contributed by atoms with Crippen molar-refractivity contribution in [3.05, 3.63) is 0 Å². The van der Waals surface area contributed by atoms with E-state index in [-0.39, 0.29) is 0 Å². The Morgan fingerprint density at radius 1 is 1.00 bits per heavy atom. The Morgan fingerprint density at radius 2 is 1.84 bits per heavy atom. The molecule has 2 nitrogen and oxygen atoms in total. The molecule has 3 aliphatic rings. The number of likely N-dealkylation sites (tertiary alicyclic amines) is 1. The first kappa shape index (κ1) is 13.6. The number of carbonyl (C=O) groups is 1. The van der Waals surface area contributed by atoms with Crippen molar-refractivity contribution in [1.29, 1.82) is 0 Å². The highest BCUT2D eigenvalue weighted by molar-refractivity contribution is 5.83. The van der Waals surface area contributed by atoms with Crippen molar-refractivity contribution in [2.45, 2.75) is 77.3 Å². The fourth-order valence-corrected chi connectivity index (χ4v) is 4.77. The highest BCUT2D eigenvalue weighted by Crippen LogP contribution is 2.39. The van der Waals surface area contributed by atoms with Crippen LogP contribution in [0.25, 0.3) is 0 Å². The Kier molecular flexibility index (Phi) is 3.98. The Hall–Kier alpha value is -0.370. The average Bonchev–Trinajstić information content (AvgIpc) is 3.00. The minimum Gasteiger partial charge on any atom is -0.299 e. The first-order chi connectivity index (χ1) is 9.16. The van der Waals surface area contributed by atoms with Crippen LogP contribution < -0.4 is 0 Å². The molecule has 0 aromatic carbocycles. The maximum Gasteiger partial charge on any atom is 0.137 e. The summed E-state index contributed by atoms with van der Waals surface area (Å²) in [6.45, 7) is 6.08. The standard InChI is InChI=1S/C17H29NO/c1-12-8-9-14(11-13(12)2)18-10-4-6-16(18)15-5-3-7-17(15)19/h12-16H,3-11H2,1-2H3. The van der Waals surface area contributed by atoms with E-state index < -0.39 is 0 Å². The molecule has 1 heterocycles. The number of nitrogens with zero attached hydrogens (tertiary/aromatic N) is 1. The Balaban J connectivity index is 1.67. The van der Waals surface area contributed by atoms with E-state index >= 15 is 0 Å². The summed E-state index contributed by atoms with van der Waals surface area (Å²) in [4.78, 5) is 14.8. The summed E-state index contributed by atoms with van der Waals surface area (Å²) >= 11 is 0. The molecule has 3 rings (SSSR count). The van der Waals surface area contributed by atoms with Crippen LogP contribution in [0.4, 0.5) is 0 Å². The third kappa shape index (κ3) is 2.61. The minimum atomic E-state index is 0.386. The summed E-state index contributed by atoms with van der Waals surface area (Å²) < 4.78 is 0. The normalized spacial score (nSPS) is 44.9. The predicted molar refractivity (Wildman–Crippen MR) is 78.0 cm³/mol. The Bertz CT molecular complexity index is 340. The second kappa shape index (κ2) is 5.55. The number of hydrogen-bond donors (Lipinski definition) is 0. The van der Waals surface area contributed by atoms with Gasteiger partial charge in [0.15, 0.2) is 0 Å². The van der Waals surface area contributed by atoms with E-state index in [1.54, 1.807) is 0 Å². The van der Waals surface area contributed by atoms with Gasteiger partial charge in [-0.25, -0.2) is 0 Å². The van der Waals surface area contributed by atoms with Gasteiger partial charge in [-0.3, -0.25) is 9.69 Å². The van der Waals surface area contributed by atoms with Crippen molar-refractivity contribution in [1.82, 2.24) is 4.90 Å². The topological polar surface area (TPSA) is 20.3 Å². The van der Waals surface area contributed by atoms with Gasteiger partial charge in [0.1, 0.15) is 5.78 Å². The molecule has 2 aliphatic carbocycles. The van der Waals surface area contributed by atoms with Crippen LogP contribution in [0.5, 0.6) is 0 Å². The molecule has 1 saturated heterocycles. The van der Waals surface area contributed by atoms with Gasteiger partial charge < -0.3 is 0 Å². The summed E-state index contributed by atoms with van der Waals surface area (Å²) in [5.41, 5.74) is 0. The van der Waals surface area contributed by atoms with Crippen LogP contribution in [0.2, 0.25) is 0 Å². The molecule has 1 aliphatic heterocycles. The molecule has 0 N–H and O–H groups in total. The summed E-state index contributed by atoms with van der Waals surface area (Å²) in [5.74, 6) is 2.70. The van der Waals surface area contributed by atoms with E-state index in [4.69, 9.17) is 0 Å². The van der Waals surface area contributed by atoms with Crippen molar-refractivity contribution in [2.24, 2.45) is 17.8 Å². The van der Waals surface area contributed by atoms with Crippen molar-refractivity contribution >= 4 is 5.78 Å². The van der Waals surface area contributed by atoms with E-state index in [2.05, 4.69) is 18.7 Å². The van der Waals surface area contributed by atoms with Gasteiger partial charge in [-0.1, -0.05) is 13.8 Å². The highest BCUT2D eigenvalue weighted by atomic mass is 16.1. The molecule has 0 radical (unpaired) electrons. The average molecular weight is 263 g/mol. The molecule has 2 heteroatoms. The molecule has 0 aromatic heterocycles. The highest BCUT2D eigenvalue weighted by Gasteiger charge is 2.41. The molecule has 0 aromatic rings. The number of hydrogen-bond acceptors (Lipinski definition) is 2. The lowest BCUT2D eigenvalue weighted by Gasteiger charge is -2.41. The molecule has 19 heavy (non-hydrogen) atoms. The first-order valence-corrected chi connectivity index (χ1v) is 8.45. The Labute approximate surface area is 117 Å². The van der Waals surface area contributed by atoms with Gasteiger partial charge >= 0.3 is 0 Å². The summed E-state index contributed by atoms with van der Waals surface area (Å²) in [7, 11) is 0. The zero-order valence-electron chi connectivity index (χ0n) is 12.6. The third-order valence-corrected chi connectivity index (χ3v) is 6.20. The van der Waals surface area contributed by atoms with E-state index in [1.807, 2.05) is 0 Å². The van der Waals surface area contributed by atoms with Crippen LogP contribution in [-0.2, 0) is 4.79 Å². The van der Waals surface area contributed by atoms with E-state index in [0.717, 1.165) is 30.7 Å². The van der Waals surface area contributed by atoms with E-state index in [0.29, 0.717) is 17.7 Å². The molecule has 5 atom stereocenters. The maximum absolute atomic E-state index is 12.1. The number of rotatable bonds is 2. The van der Waals surface area contributed by atoms with Gasteiger partial charge in [0.05, 0.1) is 0 Å². The lowest BCUT2D eigenvalue weighted by molar-refractivity contribution is -0.122. The van der Waals surface area contributed by atoms with Crippen molar-refractivity contribution in [3.8, 4) is 0 Å². The minimum absolute atomic E-state index is 0.386. The SMILES string of the molecule is CC1CCC(N2CCCC2C2CCCC2=O)CC1C. The first-order valence-electron chi connectivity index (χ1n) is 8.45. The molecule has 0 amide bonds. The zero-order chi connectivity index (χ0) is 13.4. The summed E-state index contributed by atoms with van der Waals surface area (Å²) in [5, 5.41) is 0. The van der Waals surface area contributed by atoms with Gasteiger partial charge in [0.25, 0.3) is 0 Å². The lowest BCUT2D eigenvalue weighted by atomic mass is 9.78. The van der Waals surface area contributed by atoms with Crippen molar-refractivity contribution in [3.63, 3.8) is 0 Å². The molecule has 108 valence electrons. The molecule has 5 unspecified atom stereocenters. The van der Waals surface area contributed by atoms with Gasteiger partial charge in [0, 0.05) is 24.4 Å². The molecular formula is C17H29NO. The number of Topliss-reactive ketones (excluding diaryl/α,β-unsaturated/α-hetero) is 1. The van der Waals surface area contributed by atoms with Crippen LogP contribution >= 0.6 is 0 Å². The molecule has 3 fully saturated rings.